The fraction of sp³-hybridized carbons (Fsp3) is 0.211. The van der Waals surface area contributed by atoms with E-state index in [9.17, 15) is 9.18 Å². The predicted octanol–water partition coefficient (Wildman–Crippen LogP) is 3.97. The van der Waals surface area contributed by atoms with Gasteiger partial charge in [0.15, 0.2) is 11.0 Å². The number of hydrogen-bond acceptors (Lipinski definition) is 4. The Balaban J connectivity index is 1.66. The smallest absolute Gasteiger partial charge is 0.234 e. The van der Waals surface area contributed by atoms with Crippen molar-refractivity contribution >= 4 is 23.4 Å². The molecule has 5 nitrogen and oxygen atoms in total. The molecule has 3 rings (SSSR count). The lowest BCUT2D eigenvalue weighted by Crippen LogP contribution is -2.15. The summed E-state index contributed by atoms with van der Waals surface area (Å²) in [7, 11) is 1.87. The zero-order valence-corrected chi connectivity index (χ0v) is 15.6. The second kappa shape index (κ2) is 7.70. The Kier molecular flexibility index (Phi) is 5.37. The fourth-order valence-electron chi connectivity index (χ4n) is 2.45. The lowest BCUT2D eigenvalue weighted by atomic mass is 10.1. The van der Waals surface area contributed by atoms with E-state index in [2.05, 4.69) is 15.5 Å². The normalized spacial score (nSPS) is 10.8. The molecule has 134 valence electrons. The fourth-order valence-corrected chi connectivity index (χ4v) is 3.16. The maximum absolute atomic E-state index is 13.5. The van der Waals surface area contributed by atoms with Crippen molar-refractivity contribution in [1.29, 1.82) is 0 Å². The van der Waals surface area contributed by atoms with Gasteiger partial charge < -0.3 is 9.88 Å². The highest BCUT2D eigenvalue weighted by atomic mass is 32.2. The van der Waals surface area contributed by atoms with E-state index in [0.29, 0.717) is 16.4 Å². The number of benzene rings is 2. The summed E-state index contributed by atoms with van der Waals surface area (Å²) in [5, 5.41) is 11.7. The van der Waals surface area contributed by atoms with Gasteiger partial charge in [-0.3, -0.25) is 4.79 Å². The van der Waals surface area contributed by atoms with E-state index < -0.39 is 0 Å². The molecular formula is C19H19FN4OS. The Labute approximate surface area is 155 Å². The SMILES string of the molecule is Cc1ccc(-c2nnc(SCC(=O)Nc3cccc(F)c3C)n2C)cc1. The first-order valence-corrected chi connectivity index (χ1v) is 9.08. The van der Waals surface area contributed by atoms with Crippen LogP contribution in [-0.4, -0.2) is 26.4 Å². The number of hydrogen-bond donors (Lipinski definition) is 1. The number of nitrogens with zero attached hydrogens (tertiary/aromatic N) is 3. The molecule has 26 heavy (non-hydrogen) atoms. The summed E-state index contributed by atoms with van der Waals surface area (Å²) in [5.74, 6) is 0.347. The standard InChI is InChI=1S/C19H19FN4OS/c1-12-7-9-14(10-8-12)18-22-23-19(24(18)3)26-11-17(25)21-16-6-4-5-15(20)13(16)2/h4-10H,11H2,1-3H3,(H,21,25). The Hall–Kier alpha value is -2.67. The average Bonchev–Trinajstić information content (AvgIpc) is 2.99. The summed E-state index contributed by atoms with van der Waals surface area (Å²) in [5.41, 5.74) is 3.05. The Morgan fingerprint density at radius 2 is 1.88 bits per heavy atom. The molecule has 1 N–H and O–H groups in total. The number of carbonyl (C=O) groups is 1. The molecule has 0 spiro atoms. The molecule has 0 radical (unpaired) electrons. The molecule has 0 saturated heterocycles. The molecule has 1 heterocycles. The van der Waals surface area contributed by atoms with E-state index in [1.807, 2.05) is 42.8 Å². The minimum atomic E-state index is -0.341. The van der Waals surface area contributed by atoms with Crippen molar-refractivity contribution in [3.05, 3.63) is 59.4 Å². The van der Waals surface area contributed by atoms with Crippen molar-refractivity contribution < 1.29 is 9.18 Å². The Morgan fingerprint density at radius 1 is 1.15 bits per heavy atom. The lowest BCUT2D eigenvalue weighted by Gasteiger charge is -2.08. The molecule has 2 aromatic carbocycles. The number of halogens is 1. The van der Waals surface area contributed by atoms with Crippen LogP contribution in [0.2, 0.25) is 0 Å². The topological polar surface area (TPSA) is 59.8 Å². The van der Waals surface area contributed by atoms with Crippen molar-refractivity contribution in [3.63, 3.8) is 0 Å². The largest absolute Gasteiger partial charge is 0.325 e. The van der Waals surface area contributed by atoms with Gasteiger partial charge in [0, 0.05) is 23.9 Å². The third-order valence-corrected chi connectivity index (χ3v) is 5.04. The monoisotopic (exact) mass is 370 g/mol. The van der Waals surface area contributed by atoms with Crippen LogP contribution in [0.25, 0.3) is 11.4 Å². The molecule has 0 fully saturated rings. The molecule has 0 aliphatic rings. The minimum absolute atomic E-state index is 0.163. The molecule has 0 bridgehead atoms. The summed E-state index contributed by atoms with van der Waals surface area (Å²) in [6.07, 6.45) is 0. The second-order valence-electron chi connectivity index (χ2n) is 5.98. The predicted molar refractivity (Wildman–Crippen MR) is 102 cm³/mol. The summed E-state index contributed by atoms with van der Waals surface area (Å²) in [6, 6.07) is 12.6. The van der Waals surface area contributed by atoms with Crippen LogP contribution < -0.4 is 5.32 Å². The van der Waals surface area contributed by atoms with E-state index in [1.54, 1.807) is 19.1 Å². The van der Waals surface area contributed by atoms with Crippen LogP contribution in [0.1, 0.15) is 11.1 Å². The van der Waals surface area contributed by atoms with E-state index in [0.717, 1.165) is 11.4 Å². The molecule has 0 aliphatic heterocycles. The van der Waals surface area contributed by atoms with Gasteiger partial charge in [-0.15, -0.1) is 10.2 Å². The number of aryl methyl sites for hydroxylation is 1. The summed E-state index contributed by atoms with van der Waals surface area (Å²) < 4.78 is 15.4. The molecule has 7 heteroatoms. The lowest BCUT2D eigenvalue weighted by molar-refractivity contribution is -0.113. The van der Waals surface area contributed by atoms with Gasteiger partial charge >= 0.3 is 0 Å². The number of amides is 1. The van der Waals surface area contributed by atoms with Crippen LogP contribution in [-0.2, 0) is 11.8 Å². The highest BCUT2D eigenvalue weighted by molar-refractivity contribution is 7.99. The molecule has 3 aromatic rings. The van der Waals surface area contributed by atoms with Gasteiger partial charge in [-0.2, -0.15) is 0 Å². The average molecular weight is 370 g/mol. The first-order chi connectivity index (χ1) is 12.5. The van der Waals surface area contributed by atoms with Gasteiger partial charge in [-0.25, -0.2) is 4.39 Å². The van der Waals surface area contributed by atoms with E-state index in [1.165, 1.54) is 23.4 Å². The first kappa shape index (κ1) is 18.1. The van der Waals surface area contributed by atoms with Crippen LogP contribution >= 0.6 is 11.8 Å². The molecule has 0 unspecified atom stereocenters. The van der Waals surface area contributed by atoms with Crippen LogP contribution in [0.15, 0.2) is 47.6 Å². The number of anilines is 1. The maximum atomic E-state index is 13.5. The van der Waals surface area contributed by atoms with Gasteiger partial charge in [0.2, 0.25) is 5.91 Å². The van der Waals surface area contributed by atoms with Crippen molar-refractivity contribution in [2.24, 2.45) is 7.05 Å². The molecule has 1 aromatic heterocycles. The number of carbonyl (C=O) groups excluding carboxylic acids is 1. The van der Waals surface area contributed by atoms with Gasteiger partial charge in [0.05, 0.1) is 5.75 Å². The Morgan fingerprint density at radius 3 is 2.62 bits per heavy atom. The van der Waals surface area contributed by atoms with Crippen LogP contribution in [0.5, 0.6) is 0 Å². The third kappa shape index (κ3) is 3.94. The van der Waals surface area contributed by atoms with Crippen molar-refractivity contribution in [2.75, 3.05) is 11.1 Å². The van der Waals surface area contributed by atoms with Gasteiger partial charge in [-0.05, 0) is 26.0 Å². The molecule has 0 saturated carbocycles. The van der Waals surface area contributed by atoms with Crippen LogP contribution in [0, 0.1) is 19.7 Å². The number of thioether (sulfide) groups is 1. The molecular weight excluding hydrogens is 351 g/mol. The first-order valence-electron chi connectivity index (χ1n) is 8.10. The molecule has 0 aliphatic carbocycles. The third-order valence-electron chi connectivity index (χ3n) is 4.02. The number of aromatic nitrogens is 3. The van der Waals surface area contributed by atoms with Crippen molar-refractivity contribution in [3.8, 4) is 11.4 Å². The minimum Gasteiger partial charge on any atom is -0.325 e. The second-order valence-corrected chi connectivity index (χ2v) is 6.92. The van der Waals surface area contributed by atoms with Gasteiger partial charge in [0.1, 0.15) is 5.82 Å². The summed E-state index contributed by atoms with van der Waals surface area (Å²) >= 11 is 1.29. The number of nitrogens with one attached hydrogen (secondary N) is 1. The van der Waals surface area contributed by atoms with E-state index in [4.69, 9.17) is 0 Å². The molecule has 1 amide bonds. The van der Waals surface area contributed by atoms with Crippen molar-refractivity contribution in [1.82, 2.24) is 14.8 Å². The van der Waals surface area contributed by atoms with Gasteiger partial charge in [0.25, 0.3) is 0 Å². The Bertz CT molecular complexity index is 937. The zero-order valence-electron chi connectivity index (χ0n) is 14.8. The van der Waals surface area contributed by atoms with E-state index >= 15 is 0 Å². The zero-order chi connectivity index (χ0) is 18.7. The van der Waals surface area contributed by atoms with Crippen LogP contribution in [0.3, 0.4) is 0 Å². The van der Waals surface area contributed by atoms with Gasteiger partial charge in [-0.1, -0.05) is 47.7 Å². The number of rotatable bonds is 5. The highest BCUT2D eigenvalue weighted by Gasteiger charge is 2.14. The van der Waals surface area contributed by atoms with Crippen molar-refractivity contribution in [2.45, 2.75) is 19.0 Å². The maximum Gasteiger partial charge on any atom is 0.234 e. The summed E-state index contributed by atoms with van der Waals surface area (Å²) in [4.78, 5) is 12.2. The highest BCUT2D eigenvalue weighted by Crippen LogP contribution is 2.23. The summed E-state index contributed by atoms with van der Waals surface area (Å²) in [6.45, 7) is 3.66. The van der Waals surface area contributed by atoms with E-state index in [-0.39, 0.29) is 17.5 Å². The quantitative estimate of drug-likeness (QED) is 0.691. The molecule has 0 atom stereocenters. The van der Waals surface area contributed by atoms with Crippen LogP contribution in [0.4, 0.5) is 10.1 Å².